The number of nitrogens with zero attached hydrogens (tertiary/aromatic N) is 2. The lowest BCUT2D eigenvalue weighted by Gasteiger charge is -2.17. The normalized spacial score (nSPS) is 12.9. The summed E-state index contributed by atoms with van der Waals surface area (Å²) in [5.74, 6) is -0.852. The van der Waals surface area contributed by atoms with Gasteiger partial charge in [-0.25, -0.2) is 4.68 Å². The number of amides is 1. The minimum Gasteiger partial charge on any atom is -0.399 e. The Balaban J connectivity index is 2.55. The molecule has 6 nitrogen and oxygen atoms in total. The summed E-state index contributed by atoms with van der Waals surface area (Å²) in [7, 11) is 0. The summed E-state index contributed by atoms with van der Waals surface area (Å²) in [5, 5.41) is 3.78. The Kier molecular flexibility index (Phi) is 4.13. The first kappa shape index (κ1) is 16.5. The standard InChI is InChI=1S/C14H13F3N4O2/c1-7(21-12(22)3-2-11(20-21)13(19)23)8-4-9(14(15,16)17)6-10(18)5-8/h2-7H,18H2,1H3,(H2,19,23)/t7-/m1/s1. The number of benzene rings is 1. The number of alkyl halides is 3. The molecule has 23 heavy (non-hydrogen) atoms. The lowest BCUT2D eigenvalue weighted by atomic mass is 10.0. The second kappa shape index (κ2) is 5.75. The van der Waals surface area contributed by atoms with Crippen molar-refractivity contribution in [3.8, 4) is 0 Å². The predicted molar refractivity (Wildman–Crippen MR) is 76.7 cm³/mol. The average molecular weight is 326 g/mol. The van der Waals surface area contributed by atoms with E-state index in [-0.39, 0.29) is 16.9 Å². The lowest BCUT2D eigenvalue weighted by molar-refractivity contribution is -0.137. The highest BCUT2D eigenvalue weighted by molar-refractivity contribution is 5.90. The molecule has 0 aliphatic heterocycles. The zero-order valence-electron chi connectivity index (χ0n) is 12.0. The smallest absolute Gasteiger partial charge is 0.399 e. The fraction of sp³-hybridized carbons (Fsp3) is 0.214. The van der Waals surface area contributed by atoms with E-state index in [1.54, 1.807) is 0 Å². The fourth-order valence-corrected chi connectivity index (χ4v) is 2.06. The van der Waals surface area contributed by atoms with Crippen LogP contribution in [0.1, 0.15) is 34.6 Å². The maximum atomic E-state index is 12.9. The quantitative estimate of drug-likeness (QED) is 0.835. The second-order valence-corrected chi connectivity index (χ2v) is 4.93. The van der Waals surface area contributed by atoms with Crippen molar-refractivity contribution in [3.05, 3.63) is 57.5 Å². The van der Waals surface area contributed by atoms with Crippen molar-refractivity contribution in [3.63, 3.8) is 0 Å². The van der Waals surface area contributed by atoms with Crippen LogP contribution in [0.3, 0.4) is 0 Å². The third kappa shape index (κ3) is 3.50. The van der Waals surface area contributed by atoms with Gasteiger partial charge in [0.15, 0.2) is 0 Å². The van der Waals surface area contributed by atoms with Gasteiger partial charge < -0.3 is 11.5 Å². The molecule has 0 fully saturated rings. The van der Waals surface area contributed by atoms with E-state index in [9.17, 15) is 22.8 Å². The molecule has 1 amide bonds. The molecule has 0 saturated heterocycles. The zero-order valence-corrected chi connectivity index (χ0v) is 12.0. The molecule has 0 radical (unpaired) electrons. The Labute approximate surface area is 128 Å². The van der Waals surface area contributed by atoms with Gasteiger partial charge in [0.25, 0.3) is 11.5 Å². The maximum absolute atomic E-state index is 12.9. The highest BCUT2D eigenvalue weighted by atomic mass is 19.4. The van der Waals surface area contributed by atoms with Gasteiger partial charge in [-0.2, -0.15) is 18.3 Å². The molecule has 1 aromatic carbocycles. The molecule has 0 bridgehead atoms. The zero-order chi connectivity index (χ0) is 17.4. The maximum Gasteiger partial charge on any atom is 0.416 e. The fourth-order valence-electron chi connectivity index (χ4n) is 2.06. The van der Waals surface area contributed by atoms with E-state index in [4.69, 9.17) is 11.5 Å². The van der Waals surface area contributed by atoms with E-state index >= 15 is 0 Å². The van der Waals surface area contributed by atoms with E-state index in [0.29, 0.717) is 0 Å². The Hall–Kier alpha value is -2.84. The van der Waals surface area contributed by atoms with E-state index < -0.39 is 29.2 Å². The summed E-state index contributed by atoms with van der Waals surface area (Å²) in [6.07, 6.45) is -4.57. The van der Waals surface area contributed by atoms with Crippen LogP contribution in [0.25, 0.3) is 0 Å². The van der Waals surface area contributed by atoms with Gasteiger partial charge in [0.1, 0.15) is 5.69 Å². The number of carbonyl (C=O) groups is 1. The molecule has 0 aliphatic rings. The first-order valence-corrected chi connectivity index (χ1v) is 6.47. The van der Waals surface area contributed by atoms with Crippen molar-refractivity contribution in [2.75, 3.05) is 5.73 Å². The third-order valence-corrected chi connectivity index (χ3v) is 3.23. The number of anilines is 1. The molecule has 2 aromatic rings. The summed E-state index contributed by atoms with van der Waals surface area (Å²) in [5.41, 5.74) is 8.95. The summed E-state index contributed by atoms with van der Waals surface area (Å²) in [6, 6.07) is 4.34. The molecule has 0 saturated carbocycles. The molecule has 122 valence electrons. The molecule has 0 spiro atoms. The van der Waals surface area contributed by atoms with Crippen molar-refractivity contribution in [2.45, 2.75) is 19.1 Å². The Morgan fingerprint density at radius 2 is 1.91 bits per heavy atom. The average Bonchev–Trinajstić information content (AvgIpc) is 2.45. The Morgan fingerprint density at radius 3 is 2.48 bits per heavy atom. The molecule has 1 aromatic heterocycles. The Morgan fingerprint density at radius 1 is 1.26 bits per heavy atom. The van der Waals surface area contributed by atoms with Gasteiger partial charge in [-0.3, -0.25) is 9.59 Å². The number of nitrogen functional groups attached to an aromatic ring is 1. The summed E-state index contributed by atoms with van der Waals surface area (Å²) >= 11 is 0. The molecule has 4 N–H and O–H groups in total. The van der Waals surface area contributed by atoms with Crippen molar-refractivity contribution in [1.29, 1.82) is 0 Å². The first-order chi connectivity index (χ1) is 10.6. The second-order valence-electron chi connectivity index (χ2n) is 4.93. The van der Waals surface area contributed by atoms with Gasteiger partial charge in [0.05, 0.1) is 11.6 Å². The highest BCUT2D eigenvalue weighted by Gasteiger charge is 2.31. The van der Waals surface area contributed by atoms with Gasteiger partial charge in [-0.1, -0.05) is 0 Å². The van der Waals surface area contributed by atoms with Crippen molar-refractivity contribution in [2.24, 2.45) is 5.73 Å². The minimum absolute atomic E-state index is 0.0965. The van der Waals surface area contributed by atoms with Crippen molar-refractivity contribution in [1.82, 2.24) is 9.78 Å². The van der Waals surface area contributed by atoms with Crippen LogP contribution in [0.4, 0.5) is 18.9 Å². The van der Waals surface area contributed by atoms with Gasteiger partial charge in [-0.05, 0) is 36.8 Å². The molecule has 0 unspecified atom stereocenters. The molecular formula is C14H13F3N4O2. The van der Waals surface area contributed by atoms with Crippen LogP contribution >= 0.6 is 0 Å². The Bertz CT molecular complexity index is 814. The van der Waals surface area contributed by atoms with Crippen molar-refractivity contribution < 1.29 is 18.0 Å². The van der Waals surface area contributed by atoms with Gasteiger partial charge in [0.2, 0.25) is 0 Å². The van der Waals surface area contributed by atoms with Crippen molar-refractivity contribution >= 4 is 11.6 Å². The van der Waals surface area contributed by atoms with Crippen LogP contribution in [0.15, 0.2) is 35.1 Å². The van der Waals surface area contributed by atoms with Gasteiger partial charge >= 0.3 is 6.18 Å². The SMILES string of the molecule is C[C@H](c1cc(N)cc(C(F)(F)F)c1)n1nc(C(N)=O)ccc1=O. The van der Waals surface area contributed by atoms with Gasteiger partial charge in [-0.15, -0.1) is 0 Å². The molecular weight excluding hydrogens is 313 g/mol. The largest absolute Gasteiger partial charge is 0.416 e. The van der Waals surface area contributed by atoms with E-state index in [2.05, 4.69) is 5.10 Å². The number of primary amides is 1. The van der Waals surface area contributed by atoms with Crippen LogP contribution < -0.4 is 17.0 Å². The molecule has 1 atom stereocenters. The van der Waals surface area contributed by atoms with Crippen LogP contribution in [0, 0.1) is 0 Å². The molecule has 9 heteroatoms. The molecule has 0 aliphatic carbocycles. The number of hydrogen-bond donors (Lipinski definition) is 2. The molecule has 2 rings (SSSR count). The van der Waals surface area contributed by atoms with E-state index in [0.717, 1.165) is 28.9 Å². The number of halogens is 3. The monoisotopic (exact) mass is 326 g/mol. The number of carbonyl (C=O) groups excluding carboxylic acids is 1. The number of nitrogens with two attached hydrogens (primary N) is 2. The summed E-state index contributed by atoms with van der Waals surface area (Å²) < 4.78 is 39.5. The summed E-state index contributed by atoms with van der Waals surface area (Å²) in [6.45, 7) is 1.47. The van der Waals surface area contributed by atoms with Crippen LogP contribution in [0.5, 0.6) is 0 Å². The third-order valence-electron chi connectivity index (χ3n) is 3.23. The first-order valence-electron chi connectivity index (χ1n) is 6.47. The van der Waals surface area contributed by atoms with Crippen LogP contribution in [-0.2, 0) is 6.18 Å². The minimum atomic E-state index is -4.57. The number of hydrogen-bond acceptors (Lipinski definition) is 4. The van der Waals surface area contributed by atoms with E-state index in [1.165, 1.54) is 13.0 Å². The lowest BCUT2D eigenvalue weighted by Crippen LogP contribution is -2.29. The molecule has 1 heterocycles. The van der Waals surface area contributed by atoms with Gasteiger partial charge in [0, 0.05) is 11.8 Å². The predicted octanol–water partition coefficient (Wildman–Crippen LogP) is 1.55. The van der Waals surface area contributed by atoms with E-state index in [1.807, 2.05) is 0 Å². The number of rotatable bonds is 3. The topological polar surface area (TPSA) is 104 Å². The highest BCUT2D eigenvalue weighted by Crippen LogP contribution is 2.33. The summed E-state index contributed by atoms with van der Waals surface area (Å²) in [4.78, 5) is 23.0. The van der Waals surface area contributed by atoms with Crippen LogP contribution in [-0.4, -0.2) is 15.7 Å². The van der Waals surface area contributed by atoms with Crippen LogP contribution in [0.2, 0.25) is 0 Å². The number of aromatic nitrogens is 2.